The zero-order chi connectivity index (χ0) is 20.0. The third kappa shape index (κ3) is 5.04. The molecule has 2 rings (SSSR count). The van der Waals surface area contributed by atoms with Crippen LogP contribution in [0.2, 0.25) is 5.02 Å². The van der Waals surface area contributed by atoms with E-state index in [0.29, 0.717) is 22.2 Å². The second-order valence-electron chi connectivity index (χ2n) is 5.45. The van der Waals surface area contributed by atoms with Crippen molar-refractivity contribution in [1.29, 1.82) is 0 Å². The van der Waals surface area contributed by atoms with E-state index in [2.05, 4.69) is 5.32 Å². The molecule has 0 aliphatic rings. The van der Waals surface area contributed by atoms with Crippen LogP contribution in [0.5, 0.6) is 17.2 Å². The maximum Gasteiger partial charge on any atom is 0.342 e. The van der Waals surface area contributed by atoms with Crippen LogP contribution in [0, 0.1) is 0 Å². The summed E-state index contributed by atoms with van der Waals surface area (Å²) < 4.78 is 20.8. The summed E-state index contributed by atoms with van der Waals surface area (Å²) in [5.41, 5.74) is 0.608. The fourth-order valence-electron chi connectivity index (χ4n) is 2.28. The van der Waals surface area contributed by atoms with E-state index in [0.717, 1.165) is 0 Å². The van der Waals surface area contributed by atoms with Crippen molar-refractivity contribution < 1.29 is 28.5 Å². The van der Waals surface area contributed by atoms with Gasteiger partial charge in [0.15, 0.2) is 17.6 Å². The van der Waals surface area contributed by atoms with Gasteiger partial charge in [-0.15, -0.1) is 0 Å². The van der Waals surface area contributed by atoms with Gasteiger partial charge in [0.25, 0.3) is 5.91 Å². The topological polar surface area (TPSA) is 83.1 Å². The molecule has 0 aliphatic carbocycles. The number of carbonyl (C=O) groups excluding carboxylic acids is 2. The van der Waals surface area contributed by atoms with Crippen molar-refractivity contribution in [3.8, 4) is 17.2 Å². The first-order chi connectivity index (χ1) is 12.9. The zero-order valence-electron chi connectivity index (χ0n) is 15.4. The highest BCUT2D eigenvalue weighted by atomic mass is 35.5. The average Bonchev–Trinajstić information content (AvgIpc) is 2.66. The number of esters is 1. The average molecular weight is 394 g/mol. The minimum atomic E-state index is -1.05. The Balaban J connectivity index is 2.14. The summed E-state index contributed by atoms with van der Waals surface area (Å²) in [6.07, 6.45) is -1.05. The van der Waals surface area contributed by atoms with Crippen molar-refractivity contribution in [2.75, 3.05) is 26.6 Å². The molecule has 1 N–H and O–H groups in total. The number of benzene rings is 2. The third-order valence-corrected chi connectivity index (χ3v) is 3.91. The van der Waals surface area contributed by atoms with Crippen molar-refractivity contribution in [3.63, 3.8) is 0 Å². The summed E-state index contributed by atoms with van der Waals surface area (Å²) in [7, 11) is 4.32. The molecular weight excluding hydrogens is 374 g/mol. The Morgan fingerprint density at radius 2 is 1.59 bits per heavy atom. The Morgan fingerprint density at radius 1 is 0.963 bits per heavy atom. The van der Waals surface area contributed by atoms with E-state index in [-0.39, 0.29) is 11.3 Å². The van der Waals surface area contributed by atoms with Gasteiger partial charge >= 0.3 is 5.97 Å². The van der Waals surface area contributed by atoms with Crippen molar-refractivity contribution in [1.82, 2.24) is 0 Å². The minimum Gasteiger partial charge on any atom is -0.496 e. The van der Waals surface area contributed by atoms with Gasteiger partial charge in [-0.2, -0.15) is 0 Å². The fraction of sp³-hybridized carbons (Fsp3) is 0.263. The van der Waals surface area contributed by atoms with Crippen LogP contribution in [0.1, 0.15) is 17.3 Å². The second-order valence-corrected chi connectivity index (χ2v) is 5.89. The largest absolute Gasteiger partial charge is 0.496 e. The summed E-state index contributed by atoms with van der Waals surface area (Å²) in [5, 5.41) is 3.11. The quantitative estimate of drug-likeness (QED) is 0.724. The number of nitrogens with one attached hydrogen (secondary N) is 1. The summed E-state index contributed by atoms with van der Waals surface area (Å²) in [4.78, 5) is 24.8. The Labute approximate surface area is 162 Å². The predicted octanol–water partition coefficient (Wildman–Crippen LogP) is 3.55. The van der Waals surface area contributed by atoms with Gasteiger partial charge in [-0.05, 0) is 25.1 Å². The van der Waals surface area contributed by atoms with Crippen LogP contribution < -0.4 is 19.5 Å². The van der Waals surface area contributed by atoms with Crippen molar-refractivity contribution in [2.45, 2.75) is 13.0 Å². The molecule has 7 nitrogen and oxygen atoms in total. The third-order valence-electron chi connectivity index (χ3n) is 3.67. The van der Waals surface area contributed by atoms with Crippen LogP contribution in [0.4, 0.5) is 5.69 Å². The van der Waals surface area contributed by atoms with E-state index in [1.165, 1.54) is 40.4 Å². The van der Waals surface area contributed by atoms with Crippen LogP contribution in [-0.4, -0.2) is 39.3 Å². The number of hydrogen-bond donors (Lipinski definition) is 1. The van der Waals surface area contributed by atoms with E-state index < -0.39 is 18.0 Å². The number of carbonyl (C=O) groups is 2. The van der Waals surface area contributed by atoms with E-state index in [4.69, 9.17) is 30.5 Å². The fourth-order valence-corrected chi connectivity index (χ4v) is 2.47. The van der Waals surface area contributed by atoms with E-state index >= 15 is 0 Å². The summed E-state index contributed by atoms with van der Waals surface area (Å²) in [6, 6.07) is 9.59. The molecule has 27 heavy (non-hydrogen) atoms. The lowest BCUT2D eigenvalue weighted by Crippen LogP contribution is -2.30. The van der Waals surface area contributed by atoms with E-state index in [1.807, 2.05) is 0 Å². The molecular formula is C19H20ClNO6. The molecule has 0 unspecified atom stereocenters. The van der Waals surface area contributed by atoms with Gasteiger partial charge in [0.1, 0.15) is 11.3 Å². The molecule has 0 fully saturated rings. The zero-order valence-corrected chi connectivity index (χ0v) is 16.1. The first-order valence-corrected chi connectivity index (χ1v) is 8.34. The van der Waals surface area contributed by atoms with Gasteiger partial charge in [-0.3, -0.25) is 4.79 Å². The van der Waals surface area contributed by atoms with E-state index in [1.54, 1.807) is 24.3 Å². The Bertz CT molecular complexity index is 839. The second kappa shape index (κ2) is 9.14. The molecule has 144 valence electrons. The van der Waals surface area contributed by atoms with Crippen molar-refractivity contribution >= 4 is 29.2 Å². The number of methoxy groups -OCH3 is 3. The van der Waals surface area contributed by atoms with Crippen LogP contribution in [0.15, 0.2) is 36.4 Å². The standard InChI is InChI=1S/C19H20ClNO6/c1-11(18(22)21-13-7-5-6-12(20)8-13)27-19(23)14-9-16(25-3)17(26-4)10-15(14)24-2/h5-11H,1-4H3,(H,21,22)/t11-/m0/s1. The van der Waals surface area contributed by atoms with Crippen LogP contribution in [0.25, 0.3) is 0 Å². The smallest absolute Gasteiger partial charge is 0.342 e. The van der Waals surface area contributed by atoms with E-state index in [9.17, 15) is 9.59 Å². The molecule has 0 saturated carbocycles. The van der Waals surface area contributed by atoms with Crippen molar-refractivity contribution in [2.24, 2.45) is 0 Å². The first-order valence-electron chi connectivity index (χ1n) is 7.97. The number of ether oxygens (including phenoxy) is 4. The molecule has 0 bridgehead atoms. The Hall–Kier alpha value is -2.93. The Morgan fingerprint density at radius 3 is 2.19 bits per heavy atom. The normalized spacial score (nSPS) is 11.3. The number of amides is 1. The number of rotatable bonds is 7. The number of hydrogen-bond acceptors (Lipinski definition) is 6. The van der Waals surface area contributed by atoms with Crippen LogP contribution in [0.3, 0.4) is 0 Å². The molecule has 0 aliphatic heterocycles. The molecule has 0 spiro atoms. The van der Waals surface area contributed by atoms with Gasteiger partial charge in [-0.1, -0.05) is 17.7 Å². The van der Waals surface area contributed by atoms with Gasteiger partial charge in [-0.25, -0.2) is 4.79 Å². The first kappa shape index (κ1) is 20.4. The molecule has 1 amide bonds. The number of halogens is 1. The maximum atomic E-state index is 12.5. The lowest BCUT2D eigenvalue weighted by molar-refractivity contribution is -0.123. The van der Waals surface area contributed by atoms with Gasteiger partial charge < -0.3 is 24.3 Å². The highest BCUT2D eigenvalue weighted by molar-refractivity contribution is 6.30. The molecule has 0 radical (unpaired) electrons. The maximum absolute atomic E-state index is 12.5. The van der Waals surface area contributed by atoms with Crippen LogP contribution in [-0.2, 0) is 9.53 Å². The lowest BCUT2D eigenvalue weighted by atomic mass is 10.1. The molecule has 8 heteroatoms. The summed E-state index contributed by atoms with van der Waals surface area (Å²) >= 11 is 5.89. The molecule has 2 aromatic carbocycles. The monoisotopic (exact) mass is 393 g/mol. The Kier molecular flexibility index (Phi) is 6.90. The predicted molar refractivity (Wildman–Crippen MR) is 101 cm³/mol. The molecule has 2 aromatic rings. The summed E-state index contributed by atoms with van der Waals surface area (Å²) in [5.74, 6) is -0.259. The van der Waals surface area contributed by atoms with Crippen molar-refractivity contribution in [3.05, 3.63) is 47.0 Å². The SMILES string of the molecule is COc1cc(OC)c(C(=O)O[C@@H](C)C(=O)Nc2cccc(Cl)c2)cc1OC. The highest BCUT2D eigenvalue weighted by Crippen LogP contribution is 2.35. The molecule has 0 aromatic heterocycles. The van der Waals surface area contributed by atoms with Gasteiger partial charge in [0.05, 0.1) is 21.3 Å². The molecule has 0 saturated heterocycles. The summed E-state index contributed by atoms with van der Waals surface area (Å²) in [6.45, 7) is 1.46. The molecule has 0 heterocycles. The van der Waals surface area contributed by atoms with Crippen LogP contribution >= 0.6 is 11.6 Å². The minimum absolute atomic E-state index is 0.109. The van der Waals surface area contributed by atoms with Gasteiger partial charge in [0.2, 0.25) is 0 Å². The van der Waals surface area contributed by atoms with Gasteiger partial charge in [0, 0.05) is 22.8 Å². The highest BCUT2D eigenvalue weighted by Gasteiger charge is 2.23. The molecule has 1 atom stereocenters. The number of anilines is 1. The lowest BCUT2D eigenvalue weighted by Gasteiger charge is -2.16.